The minimum Gasteiger partial charge on any atom is -0.303 e. The van der Waals surface area contributed by atoms with Crippen LogP contribution in [0.2, 0.25) is 0 Å². The predicted octanol–water partition coefficient (Wildman–Crippen LogP) is 6.52. The van der Waals surface area contributed by atoms with Gasteiger partial charge in [0.2, 0.25) is 0 Å². The van der Waals surface area contributed by atoms with Crippen LogP contribution in [0.25, 0.3) is 0 Å². The Morgan fingerprint density at radius 3 is 2.19 bits per heavy atom. The second-order valence-corrected chi connectivity index (χ2v) is 15.3. The Hall–Kier alpha value is -1.73. The van der Waals surface area contributed by atoms with Gasteiger partial charge in [-0.2, -0.15) is 5.26 Å². The zero-order chi connectivity index (χ0) is 26.7. The zero-order valence-corrected chi connectivity index (χ0v) is 24.0. The Morgan fingerprint density at radius 1 is 0.944 bits per heavy atom. The van der Waals surface area contributed by atoms with Crippen molar-refractivity contribution in [3.63, 3.8) is 0 Å². The van der Waals surface area contributed by atoms with Crippen molar-refractivity contribution in [1.29, 1.82) is 5.26 Å². The van der Waals surface area contributed by atoms with Crippen LogP contribution in [-0.2, 0) is 9.59 Å². The average molecular weight is 491 g/mol. The summed E-state index contributed by atoms with van der Waals surface area (Å²) in [7, 11) is 4.46. The quantitative estimate of drug-likeness (QED) is 0.420. The van der Waals surface area contributed by atoms with Crippen LogP contribution in [0.5, 0.6) is 0 Å². The maximum absolute atomic E-state index is 14.4. The largest absolute Gasteiger partial charge is 0.303 e. The van der Waals surface area contributed by atoms with Crippen LogP contribution in [0.1, 0.15) is 93.4 Å². The van der Waals surface area contributed by atoms with E-state index in [0.717, 1.165) is 38.5 Å². The molecule has 36 heavy (non-hydrogen) atoms. The van der Waals surface area contributed by atoms with Crippen molar-refractivity contribution in [2.75, 3.05) is 14.1 Å². The van der Waals surface area contributed by atoms with Crippen LogP contribution in [0.3, 0.4) is 0 Å². The van der Waals surface area contributed by atoms with Crippen molar-refractivity contribution < 1.29 is 9.59 Å². The van der Waals surface area contributed by atoms with Crippen LogP contribution >= 0.6 is 0 Å². The van der Waals surface area contributed by atoms with E-state index in [1.54, 1.807) is 0 Å². The van der Waals surface area contributed by atoms with Gasteiger partial charge in [0.25, 0.3) is 0 Å². The number of hydrogen-bond acceptors (Lipinski definition) is 4. The number of ketones is 2. The molecule has 4 nitrogen and oxygen atoms in total. The molecule has 3 saturated carbocycles. The summed E-state index contributed by atoms with van der Waals surface area (Å²) in [6.07, 6.45) is 11.6. The van der Waals surface area contributed by atoms with E-state index < -0.39 is 10.8 Å². The maximum atomic E-state index is 14.4. The summed E-state index contributed by atoms with van der Waals surface area (Å²) in [6, 6.07) is 2.21. The van der Waals surface area contributed by atoms with Crippen LogP contribution in [0.15, 0.2) is 23.3 Å². The number of Topliss-reactive ketones (excluding diaryl/α,β-unsaturated/α-hetero) is 1. The Bertz CT molecular complexity index is 1140. The number of carbonyl (C=O) groups is 2. The van der Waals surface area contributed by atoms with Crippen LogP contribution in [0.4, 0.5) is 0 Å². The number of fused-ring (bicyclic) bond motifs is 7. The highest BCUT2D eigenvalue weighted by Gasteiger charge is 2.70. The Labute approximate surface area is 218 Å². The Morgan fingerprint density at radius 2 is 1.58 bits per heavy atom. The van der Waals surface area contributed by atoms with Gasteiger partial charge in [0.1, 0.15) is 6.07 Å². The van der Waals surface area contributed by atoms with Crippen molar-refractivity contribution in [2.45, 2.75) is 99.0 Å². The first-order valence-corrected chi connectivity index (χ1v) is 14.1. The summed E-state index contributed by atoms with van der Waals surface area (Å²) in [5.41, 5.74) is 0.458. The smallest absolute Gasteiger partial charge is 0.178 e. The Balaban J connectivity index is 1.70. The SMILES string of the molecule is CN(C)C12CCC(C)(C)CC1C1C(=O)C=C3C4(C)C=C(C#N)C(=O)C(C)(C)C4CCC3(C)C1(C)CC2. The van der Waals surface area contributed by atoms with Gasteiger partial charge in [0.05, 0.1) is 5.57 Å². The van der Waals surface area contributed by atoms with Crippen LogP contribution < -0.4 is 0 Å². The lowest BCUT2D eigenvalue weighted by atomic mass is 9.35. The molecule has 0 aliphatic heterocycles. The van der Waals surface area contributed by atoms with Crippen molar-refractivity contribution >= 4 is 11.6 Å². The van der Waals surface area contributed by atoms with Gasteiger partial charge in [-0.15, -0.1) is 0 Å². The second kappa shape index (κ2) is 7.43. The molecule has 0 aromatic carbocycles. The number of rotatable bonds is 1. The third-order valence-electron chi connectivity index (χ3n) is 12.7. The molecule has 0 heterocycles. The normalized spacial score (nSPS) is 47.0. The Kier molecular flexibility index (Phi) is 5.35. The molecule has 196 valence electrons. The molecule has 5 aliphatic rings. The molecule has 5 aliphatic carbocycles. The van der Waals surface area contributed by atoms with Gasteiger partial charge in [-0.1, -0.05) is 60.1 Å². The second-order valence-electron chi connectivity index (χ2n) is 15.3. The molecule has 0 amide bonds. The summed E-state index contributed by atoms with van der Waals surface area (Å²) < 4.78 is 0. The predicted molar refractivity (Wildman–Crippen MR) is 143 cm³/mol. The average Bonchev–Trinajstić information content (AvgIpc) is 2.77. The lowest BCUT2D eigenvalue weighted by Gasteiger charge is -2.70. The molecule has 5 rings (SSSR count). The first-order chi connectivity index (χ1) is 16.5. The molecule has 0 radical (unpaired) electrons. The van der Waals surface area contributed by atoms with Crippen molar-refractivity contribution in [3.8, 4) is 6.07 Å². The molecule has 0 aromatic rings. The van der Waals surface area contributed by atoms with E-state index in [2.05, 4.69) is 59.7 Å². The minimum atomic E-state index is -0.614. The lowest BCUT2D eigenvalue weighted by molar-refractivity contribution is -0.173. The van der Waals surface area contributed by atoms with Crippen LogP contribution in [0, 0.1) is 56.2 Å². The van der Waals surface area contributed by atoms with Gasteiger partial charge < -0.3 is 4.90 Å². The van der Waals surface area contributed by atoms with Gasteiger partial charge in [-0.05, 0) is 93.2 Å². The van der Waals surface area contributed by atoms with Crippen molar-refractivity contribution in [1.82, 2.24) is 4.90 Å². The maximum Gasteiger partial charge on any atom is 0.178 e. The molecule has 0 spiro atoms. The minimum absolute atomic E-state index is 0.0137. The first-order valence-electron chi connectivity index (χ1n) is 14.1. The monoisotopic (exact) mass is 490 g/mol. The molecular formula is C32H46N2O2. The highest BCUT2D eigenvalue weighted by molar-refractivity contribution is 6.04. The standard InChI is InChI=1S/C32H46N2O2/c1-27(2)12-14-32(34(8)9)15-13-31(7)25(21(32)18-27)22(35)16-24-29(5)17-20(19-33)26(36)28(3,4)23(29)10-11-30(24,31)6/h16-17,21,23,25H,10-15,18H2,1-9H3. The zero-order valence-electron chi connectivity index (χ0n) is 24.0. The fourth-order valence-corrected chi connectivity index (χ4v) is 10.4. The summed E-state index contributed by atoms with van der Waals surface area (Å²) in [4.78, 5) is 30.1. The summed E-state index contributed by atoms with van der Waals surface area (Å²) in [5, 5.41) is 9.88. The molecular weight excluding hydrogens is 444 g/mol. The number of nitrogens with zero attached hydrogens (tertiary/aromatic N) is 2. The van der Waals surface area contributed by atoms with Gasteiger partial charge in [0, 0.05) is 22.3 Å². The third kappa shape index (κ3) is 2.96. The van der Waals surface area contributed by atoms with Gasteiger partial charge >= 0.3 is 0 Å². The van der Waals surface area contributed by atoms with Crippen molar-refractivity contribution in [2.24, 2.45) is 44.8 Å². The summed E-state index contributed by atoms with van der Waals surface area (Å²) in [6.45, 7) is 15.8. The van der Waals surface area contributed by atoms with Gasteiger partial charge in [0.15, 0.2) is 11.6 Å². The highest BCUT2D eigenvalue weighted by atomic mass is 16.1. The van der Waals surface area contributed by atoms with E-state index in [9.17, 15) is 14.9 Å². The van der Waals surface area contributed by atoms with Gasteiger partial charge in [-0.25, -0.2) is 0 Å². The van der Waals surface area contributed by atoms with E-state index in [-0.39, 0.29) is 45.0 Å². The topological polar surface area (TPSA) is 61.2 Å². The molecule has 0 aromatic heterocycles. The first kappa shape index (κ1) is 25.9. The number of carbonyl (C=O) groups excluding carboxylic acids is 2. The van der Waals surface area contributed by atoms with Gasteiger partial charge in [-0.3, -0.25) is 9.59 Å². The number of allylic oxidation sites excluding steroid dienone is 4. The molecule has 0 N–H and O–H groups in total. The summed E-state index contributed by atoms with van der Waals surface area (Å²) in [5.74, 6) is 0.708. The number of hydrogen-bond donors (Lipinski definition) is 0. The van der Waals surface area contributed by atoms with E-state index in [1.165, 1.54) is 12.0 Å². The fourth-order valence-electron chi connectivity index (χ4n) is 10.4. The van der Waals surface area contributed by atoms with E-state index in [1.807, 2.05) is 26.0 Å². The number of nitriles is 1. The molecule has 0 saturated heterocycles. The molecule has 7 atom stereocenters. The van der Waals surface area contributed by atoms with E-state index >= 15 is 0 Å². The molecule has 0 bridgehead atoms. The fraction of sp³-hybridized carbons (Fsp3) is 0.781. The molecule has 3 fully saturated rings. The van der Waals surface area contributed by atoms with Crippen LogP contribution in [-0.4, -0.2) is 36.1 Å². The van der Waals surface area contributed by atoms with E-state index in [0.29, 0.717) is 11.7 Å². The summed E-state index contributed by atoms with van der Waals surface area (Å²) >= 11 is 0. The van der Waals surface area contributed by atoms with Crippen molar-refractivity contribution in [3.05, 3.63) is 23.3 Å². The highest BCUT2D eigenvalue weighted by Crippen LogP contribution is 2.73. The third-order valence-corrected chi connectivity index (χ3v) is 12.7. The lowest BCUT2D eigenvalue weighted by Crippen LogP contribution is -2.68. The molecule has 7 unspecified atom stereocenters. The molecule has 4 heteroatoms. The van der Waals surface area contributed by atoms with E-state index in [4.69, 9.17) is 0 Å².